The molecule has 0 spiro atoms. The van der Waals surface area contributed by atoms with E-state index in [1.165, 1.54) is 17.7 Å². The fourth-order valence-corrected chi connectivity index (χ4v) is 4.32. The molecule has 2 nitrogen and oxygen atoms in total. The number of hydrogen-bond donors (Lipinski definition) is 1. The van der Waals surface area contributed by atoms with Gasteiger partial charge in [0.15, 0.2) is 0 Å². The Morgan fingerprint density at radius 1 is 1.30 bits per heavy atom. The second-order valence-electron chi connectivity index (χ2n) is 5.82. The molecule has 5 heteroatoms. The topological polar surface area (TPSA) is 29.3 Å². The molecule has 1 fully saturated rings. The van der Waals surface area contributed by atoms with Crippen LogP contribution in [-0.2, 0) is 0 Å². The fourth-order valence-electron chi connectivity index (χ4n) is 2.56. The van der Waals surface area contributed by atoms with Crippen LogP contribution in [0, 0.1) is 0 Å². The molecular formula is C15H22Br2N2S. The molecule has 1 unspecified atom stereocenters. The first-order chi connectivity index (χ1) is 9.43. The van der Waals surface area contributed by atoms with Gasteiger partial charge in [0.2, 0.25) is 0 Å². The second-order valence-corrected chi connectivity index (χ2v) is 9.33. The third-order valence-corrected chi connectivity index (χ3v) is 7.12. The molecule has 0 aromatic heterocycles. The lowest BCUT2D eigenvalue weighted by Gasteiger charge is -2.30. The van der Waals surface area contributed by atoms with Gasteiger partial charge < -0.3 is 5.73 Å². The molecule has 0 aliphatic carbocycles. The summed E-state index contributed by atoms with van der Waals surface area (Å²) >= 11 is 9.19. The van der Waals surface area contributed by atoms with Crippen molar-refractivity contribution in [1.82, 2.24) is 4.90 Å². The minimum absolute atomic E-state index is 0.314. The van der Waals surface area contributed by atoms with Crippen LogP contribution in [0.4, 0.5) is 0 Å². The highest BCUT2D eigenvalue weighted by Crippen LogP contribution is 2.34. The summed E-state index contributed by atoms with van der Waals surface area (Å²) in [6.45, 7) is 7.59. The van der Waals surface area contributed by atoms with E-state index < -0.39 is 0 Å². The van der Waals surface area contributed by atoms with E-state index in [4.69, 9.17) is 5.73 Å². The summed E-state index contributed by atoms with van der Waals surface area (Å²) in [5.41, 5.74) is 7.37. The maximum atomic E-state index is 6.07. The Balaban J connectivity index is 2.17. The van der Waals surface area contributed by atoms with E-state index in [1.807, 2.05) is 0 Å². The predicted octanol–water partition coefficient (Wildman–Crippen LogP) is 4.43. The van der Waals surface area contributed by atoms with Gasteiger partial charge >= 0.3 is 0 Å². The molecule has 0 amide bonds. The summed E-state index contributed by atoms with van der Waals surface area (Å²) in [7, 11) is 0. The smallest absolute Gasteiger partial charge is 0.0471 e. The Hall–Kier alpha value is 0.450. The molecule has 1 aromatic rings. The van der Waals surface area contributed by atoms with Gasteiger partial charge in [-0.15, -0.1) is 0 Å². The van der Waals surface area contributed by atoms with Gasteiger partial charge in [0, 0.05) is 45.1 Å². The Bertz CT molecular complexity index is 465. The first-order valence-electron chi connectivity index (χ1n) is 6.96. The van der Waals surface area contributed by atoms with Crippen molar-refractivity contribution in [2.45, 2.75) is 31.1 Å². The van der Waals surface area contributed by atoms with E-state index in [0.717, 1.165) is 22.0 Å². The largest absolute Gasteiger partial charge is 0.329 e. The minimum Gasteiger partial charge on any atom is -0.329 e. The van der Waals surface area contributed by atoms with Gasteiger partial charge in [-0.3, -0.25) is 4.90 Å². The molecule has 2 rings (SSSR count). The lowest BCUT2D eigenvalue weighted by molar-refractivity contribution is 0.211. The monoisotopic (exact) mass is 420 g/mol. The number of halogens is 2. The van der Waals surface area contributed by atoms with E-state index in [0.29, 0.717) is 17.3 Å². The SMILES string of the molecule is CC1(C)CCN(C(CN)c2ccc(Br)c(Br)c2)CCS1. The molecule has 0 radical (unpaired) electrons. The number of thioether (sulfide) groups is 1. The summed E-state index contributed by atoms with van der Waals surface area (Å²) in [5.74, 6) is 1.18. The Kier molecular flexibility index (Phi) is 6.00. The quantitative estimate of drug-likeness (QED) is 0.782. The fraction of sp³-hybridized carbons (Fsp3) is 0.600. The summed E-state index contributed by atoms with van der Waals surface area (Å²) in [6, 6.07) is 6.77. The van der Waals surface area contributed by atoms with Crippen LogP contribution in [-0.4, -0.2) is 35.0 Å². The summed E-state index contributed by atoms with van der Waals surface area (Å²) in [4.78, 5) is 2.54. The zero-order valence-corrected chi connectivity index (χ0v) is 16.0. The molecule has 1 heterocycles. The average molecular weight is 422 g/mol. The first kappa shape index (κ1) is 16.8. The van der Waals surface area contributed by atoms with E-state index in [1.54, 1.807) is 0 Å². The molecule has 112 valence electrons. The van der Waals surface area contributed by atoms with Crippen LogP contribution in [0.1, 0.15) is 31.9 Å². The zero-order valence-electron chi connectivity index (χ0n) is 12.0. The highest BCUT2D eigenvalue weighted by Gasteiger charge is 2.27. The van der Waals surface area contributed by atoms with Gasteiger partial charge in [0.25, 0.3) is 0 Å². The van der Waals surface area contributed by atoms with E-state index in [9.17, 15) is 0 Å². The van der Waals surface area contributed by atoms with E-state index in [2.05, 4.69) is 80.6 Å². The third-order valence-electron chi connectivity index (χ3n) is 3.86. The van der Waals surface area contributed by atoms with E-state index in [-0.39, 0.29) is 0 Å². The lowest BCUT2D eigenvalue weighted by Crippen LogP contribution is -2.35. The van der Waals surface area contributed by atoms with Crippen molar-refractivity contribution in [3.63, 3.8) is 0 Å². The Morgan fingerprint density at radius 3 is 2.70 bits per heavy atom. The zero-order chi connectivity index (χ0) is 14.8. The Labute approximate surface area is 143 Å². The van der Waals surface area contributed by atoms with Gasteiger partial charge in [-0.05, 0) is 56.0 Å². The van der Waals surface area contributed by atoms with Crippen molar-refractivity contribution < 1.29 is 0 Å². The first-order valence-corrected chi connectivity index (χ1v) is 9.53. The Morgan fingerprint density at radius 2 is 2.05 bits per heavy atom. The van der Waals surface area contributed by atoms with Crippen LogP contribution in [0.15, 0.2) is 27.1 Å². The van der Waals surface area contributed by atoms with E-state index >= 15 is 0 Å². The summed E-state index contributed by atoms with van der Waals surface area (Å²) < 4.78 is 2.57. The molecule has 1 aliphatic rings. The molecule has 1 aliphatic heterocycles. The number of benzene rings is 1. The number of nitrogens with two attached hydrogens (primary N) is 1. The summed E-state index contributed by atoms with van der Waals surface area (Å²) in [5, 5.41) is 0. The number of hydrogen-bond acceptors (Lipinski definition) is 3. The van der Waals surface area contributed by atoms with Crippen molar-refractivity contribution in [3.8, 4) is 0 Å². The van der Waals surface area contributed by atoms with Gasteiger partial charge in [0.1, 0.15) is 0 Å². The molecule has 0 bridgehead atoms. The van der Waals surface area contributed by atoms with Gasteiger partial charge in [-0.2, -0.15) is 11.8 Å². The molecule has 1 atom stereocenters. The maximum absolute atomic E-state index is 6.07. The predicted molar refractivity (Wildman–Crippen MR) is 96.4 cm³/mol. The molecule has 1 aromatic carbocycles. The number of rotatable bonds is 3. The van der Waals surface area contributed by atoms with Crippen LogP contribution in [0.3, 0.4) is 0 Å². The highest BCUT2D eigenvalue weighted by molar-refractivity contribution is 9.13. The number of nitrogens with zero attached hydrogens (tertiary/aromatic N) is 1. The molecule has 2 N–H and O–H groups in total. The maximum Gasteiger partial charge on any atom is 0.0471 e. The van der Waals surface area contributed by atoms with Gasteiger partial charge in [-0.25, -0.2) is 0 Å². The second kappa shape index (κ2) is 7.14. The lowest BCUT2D eigenvalue weighted by atomic mass is 10.0. The molecule has 0 saturated carbocycles. The van der Waals surface area contributed by atoms with Crippen LogP contribution < -0.4 is 5.73 Å². The standard InChI is InChI=1S/C15H22Br2N2S/c1-15(2)5-6-19(7-8-20-15)14(10-18)11-3-4-12(16)13(17)9-11/h3-4,9,14H,5-8,10,18H2,1-2H3. The van der Waals surface area contributed by atoms with Crippen LogP contribution in [0.5, 0.6) is 0 Å². The van der Waals surface area contributed by atoms with Crippen molar-refractivity contribution >= 4 is 43.6 Å². The molecule has 1 saturated heterocycles. The average Bonchev–Trinajstić information content (AvgIpc) is 2.56. The van der Waals surface area contributed by atoms with Crippen LogP contribution in [0.25, 0.3) is 0 Å². The van der Waals surface area contributed by atoms with Gasteiger partial charge in [0.05, 0.1) is 0 Å². The normalized spacial score (nSPS) is 21.4. The third kappa shape index (κ3) is 4.23. The van der Waals surface area contributed by atoms with Crippen molar-refractivity contribution in [2.75, 3.05) is 25.4 Å². The van der Waals surface area contributed by atoms with Crippen LogP contribution >= 0.6 is 43.6 Å². The molecular weight excluding hydrogens is 400 g/mol. The van der Waals surface area contributed by atoms with Crippen molar-refractivity contribution in [1.29, 1.82) is 0 Å². The molecule has 20 heavy (non-hydrogen) atoms. The van der Waals surface area contributed by atoms with Crippen molar-refractivity contribution in [2.24, 2.45) is 5.73 Å². The highest BCUT2D eigenvalue weighted by atomic mass is 79.9. The minimum atomic E-state index is 0.314. The van der Waals surface area contributed by atoms with Crippen molar-refractivity contribution in [3.05, 3.63) is 32.7 Å². The van der Waals surface area contributed by atoms with Gasteiger partial charge in [-0.1, -0.05) is 19.9 Å². The van der Waals surface area contributed by atoms with Crippen LogP contribution in [0.2, 0.25) is 0 Å². The summed E-state index contributed by atoms with van der Waals surface area (Å²) in [6.07, 6.45) is 1.21.